The molecule has 8 heteroatoms. The monoisotopic (exact) mass is 410 g/mol. The van der Waals surface area contributed by atoms with Crippen LogP contribution in [0.5, 0.6) is 11.5 Å². The Morgan fingerprint density at radius 3 is 2.90 bits per heavy atom. The van der Waals surface area contributed by atoms with Gasteiger partial charge in [-0.2, -0.15) is 0 Å². The lowest BCUT2D eigenvalue weighted by atomic mass is 9.76. The number of fused-ring (bicyclic) bond motifs is 1. The summed E-state index contributed by atoms with van der Waals surface area (Å²) < 4.78 is 22.1. The fraction of sp³-hybridized carbons (Fsp3) is 0.364. The van der Waals surface area contributed by atoms with Crippen LogP contribution in [0.3, 0.4) is 0 Å². The second-order valence-corrected chi connectivity index (χ2v) is 7.73. The third kappa shape index (κ3) is 2.79. The molecule has 2 aromatic rings. The van der Waals surface area contributed by atoms with Gasteiger partial charge in [0.25, 0.3) is 0 Å². The molecule has 1 N–H and O–H groups in total. The van der Waals surface area contributed by atoms with E-state index in [0.29, 0.717) is 36.0 Å². The molecule has 1 aromatic heterocycles. The Morgan fingerprint density at radius 2 is 2.17 bits per heavy atom. The average molecular weight is 410 g/mol. The van der Waals surface area contributed by atoms with Crippen molar-refractivity contribution in [1.29, 1.82) is 0 Å². The van der Waals surface area contributed by atoms with Gasteiger partial charge >= 0.3 is 0 Å². The number of amides is 2. The van der Waals surface area contributed by atoms with E-state index in [-0.39, 0.29) is 11.8 Å². The van der Waals surface area contributed by atoms with Gasteiger partial charge in [-0.1, -0.05) is 12.2 Å². The summed E-state index contributed by atoms with van der Waals surface area (Å²) in [5.74, 6) is 0.251. The van der Waals surface area contributed by atoms with Crippen molar-refractivity contribution in [2.24, 2.45) is 11.8 Å². The molecule has 3 aliphatic rings. The van der Waals surface area contributed by atoms with Crippen LogP contribution in [-0.4, -0.2) is 49.2 Å². The zero-order chi connectivity index (χ0) is 20.9. The molecule has 30 heavy (non-hydrogen) atoms. The molecule has 2 fully saturated rings. The number of rotatable bonds is 6. The second-order valence-electron chi connectivity index (χ2n) is 7.73. The first-order chi connectivity index (χ1) is 14.5. The minimum absolute atomic E-state index is 0.0971. The quantitative estimate of drug-likeness (QED) is 0.735. The van der Waals surface area contributed by atoms with Crippen LogP contribution in [0.2, 0.25) is 0 Å². The normalized spacial score (nSPS) is 28.7. The number of furan rings is 1. The van der Waals surface area contributed by atoms with Gasteiger partial charge in [-0.05, 0) is 24.3 Å². The highest BCUT2D eigenvalue weighted by molar-refractivity contribution is 6.00. The van der Waals surface area contributed by atoms with Gasteiger partial charge in [-0.25, -0.2) is 0 Å². The smallest absolute Gasteiger partial charge is 0.231 e. The molecule has 8 nitrogen and oxygen atoms in total. The van der Waals surface area contributed by atoms with Crippen LogP contribution < -0.4 is 14.8 Å². The van der Waals surface area contributed by atoms with E-state index in [4.69, 9.17) is 18.6 Å². The number of nitrogens with one attached hydrogen (secondary N) is 1. The van der Waals surface area contributed by atoms with Crippen molar-refractivity contribution in [1.82, 2.24) is 4.90 Å². The number of carbonyl (C=O) groups is 2. The van der Waals surface area contributed by atoms with Crippen molar-refractivity contribution in [3.05, 3.63) is 54.5 Å². The Morgan fingerprint density at radius 1 is 1.30 bits per heavy atom. The van der Waals surface area contributed by atoms with E-state index in [2.05, 4.69) is 5.32 Å². The summed E-state index contributed by atoms with van der Waals surface area (Å²) in [6.45, 7) is 0.756. The minimum Gasteiger partial charge on any atom is -0.497 e. The Balaban J connectivity index is 1.38. The molecule has 2 amide bonds. The number of hydrogen-bond acceptors (Lipinski definition) is 6. The Hall–Kier alpha value is -3.26. The molecule has 1 spiro atoms. The molecule has 1 aromatic carbocycles. The SMILES string of the molecule is COc1ccc(NC(=O)[C@H]2[C@H]3C=C[C@@]4(CN(Cc5ccco5)C(=O)[C@@H]24)O3)c(OC)c1. The molecule has 5 rings (SSSR count). The lowest BCUT2D eigenvalue weighted by Gasteiger charge is -2.24. The molecule has 3 aliphatic heterocycles. The van der Waals surface area contributed by atoms with Gasteiger partial charge in [-0.3, -0.25) is 9.59 Å². The molecule has 4 heterocycles. The Labute approximate surface area is 173 Å². The van der Waals surface area contributed by atoms with E-state index in [1.807, 2.05) is 18.2 Å². The zero-order valence-corrected chi connectivity index (χ0v) is 16.7. The maximum atomic E-state index is 13.2. The summed E-state index contributed by atoms with van der Waals surface area (Å²) in [7, 11) is 3.08. The molecular formula is C22H22N2O6. The standard InChI is InChI=1S/C22H22N2O6/c1-27-13-5-6-15(17(10-13)28-2)23-20(25)18-16-7-8-22(30-16)12-24(21(26)19(18)22)11-14-4-3-9-29-14/h3-10,16,18-19H,11-12H2,1-2H3,(H,23,25)/t16-,18+,19-,22+/m1/s1. The number of methoxy groups -OCH3 is 2. The van der Waals surface area contributed by atoms with E-state index < -0.39 is 23.5 Å². The molecule has 156 valence electrons. The molecule has 2 bridgehead atoms. The van der Waals surface area contributed by atoms with Crippen LogP contribution in [0.1, 0.15) is 5.76 Å². The van der Waals surface area contributed by atoms with Gasteiger partial charge in [0.2, 0.25) is 11.8 Å². The molecule has 2 saturated heterocycles. The van der Waals surface area contributed by atoms with Gasteiger partial charge in [0.1, 0.15) is 22.9 Å². The maximum absolute atomic E-state index is 13.2. The van der Waals surface area contributed by atoms with Crippen LogP contribution in [0, 0.1) is 11.8 Å². The highest BCUT2D eigenvalue weighted by Gasteiger charge is 2.66. The predicted octanol–water partition coefficient (Wildman–Crippen LogP) is 2.22. The first-order valence-electron chi connectivity index (χ1n) is 9.76. The van der Waals surface area contributed by atoms with Crippen LogP contribution in [0.15, 0.2) is 53.2 Å². The van der Waals surface area contributed by atoms with Gasteiger partial charge in [0, 0.05) is 6.07 Å². The highest BCUT2D eigenvalue weighted by Crippen LogP contribution is 2.52. The lowest BCUT2D eigenvalue weighted by Crippen LogP contribution is -2.41. The molecule has 0 unspecified atom stereocenters. The van der Waals surface area contributed by atoms with Crippen LogP contribution in [0.25, 0.3) is 0 Å². The van der Waals surface area contributed by atoms with E-state index in [0.717, 1.165) is 0 Å². The van der Waals surface area contributed by atoms with E-state index in [1.54, 1.807) is 42.5 Å². The summed E-state index contributed by atoms with van der Waals surface area (Å²) in [5, 5.41) is 2.91. The summed E-state index contributed by atoms with van der Waals surface area (Å²) in [6.07, 6.45) is 4.97. The minimum atomic E-state index is -0.764. The average Bonchev–Trinajstić information content (AvgIpc) is 3.52. The number of hydrogen-bond donors (Lipinski definition) is 1. The third-order valence-corrected chi connectivity index (χ3v) is 6.07. The second kappa shape index (κ2) is 6.91. The lowest BCUT2D eigenvalue weighted by molar-refractivity contribution is -0.136. The number of benzene rings is 1. The summed E-state index contributed by atoms with van der Waals surface area (Å²) in [6, 6.07) is 8.76. The van der Waals surface area contributed by atoms with Crippen molar-refractivity contribution in [3.63, 3.8) is 0 Å². The first kappa shape index (κ1) is 18.7. The summed E-state index contributed by atoms with van der Waals surface area (Å²) in [4.78, 5) is 28.2. The van der Waals surface area contributed by atoms with Crippen LogP contribution in [0.4, 0.5) is 5.69 Å². The van der Waals surface area contributed by atoms with Gasteiger partial charge in [0.15, 0.2) is 0 Å². The predicted molar refractivity (Wildman–Crippen MR) is 106 cm³/mol. The topological polar surface area (TPSA) is 90.2 Å². The van der Waals surface area contributed by atoms with Gasteiger partial charge in [-0.15, -0.1) is 0 Å². The first-order valence-corrected chi connectivity index (χ1v) is 9.76. The molecule has 0 saturated carbocycles. The van der Waals surface area contributed by atoms with E-state index in [9.17, 15) is 9.59 Å². The van der Waals surface area contributed by atoms with Crippen molar-refractivity contribution < 1.29 is 28.2 Å². The van der Waals surface area contributed by atoms with Crippen molar-refractivity contribution in [2.75, 3.05) is 26.1 Å². The fourth-order valence-electron chi connectivity index (χ4n) is 4.72. The van der Waals surface area contributed by atoms with Crippen molar-refractivity contribution in [3.8, 4) is 11.5 Å². The maximum Gasteiger partial charge on any atom is 0.231 e. The van der Waals surface area contributed by atoms with Crippen molar-refractivity contribution >= 4 is 17.5 Å². The molecule has 4 atom stereocenters. The summed E-state index contributed by atoms with van der Waals surface area (Å²) in [5.41, 5.74) is -0.248. The van der Waals surface area contributed by atoms with Crippen molar-refractivity contribution in [2.45, 2.75) is 18.2 Å². The number of carbonyl (C=O) groups excluding carboxylic acids is 2. The number of likely N-dealkylation sites (tertiary alicyclic amines) is 1. The number of ether oxygens (including phenoxy) is 3. The van der Waals surface area contributed by atoms with Gasteiger partial charge < -0.3 is 28.8 Å². The van der Waals surface area contributed by atoms with E-state index in [1.165, 1.54) is 7.11 Å². The van der Waals surface area contributed by atoms with Crippen LogP contribution >= 0.6 is 0 Å². The Kier molecular flexibility index (Phi) is 4.32. The van der Waals surface area contributed by atoms with E-state index >= 15 is 0 Å². The number of nitrogens with zero attached hydrogens (tertiary/aromatic N) is 1. The Bertz CT molecular complexity index is 1020. The zero-order valence-electron chi connectivity index (χ0n) is 16.7. The van der Waals surface area contributed by atoms with Crippen LogP contribution in [-0.2, 0) is 20.9 Å². The number of anilines is 1. The highest BCUT2D eigenvalue weighted by atomic mass is 16.5. The fourth-order valence-corrected chi connectivity index (χ4v) is 4.72. The third-order valence-electron chi connectivity index (χ3n) is 6.07. The molecular weight excluding hydrogens is 388 g/mol. The van der Waals surface area contributed by atoms with Gasteiger partial charge in [0.05, 0.1) is 57.2 Å². The molecule has 0 aliphatic carbocycles. The largest absolute Gasteiger partial charge is 0.497 e. The molecule has 0 radical (unpaired) electrons. The summed E-state index contributed by atoms with van der Waals surface area (Å²) >= 11 is 0.